The van der Waals surface area contributed by atoms with Gasteiger partial charge in [-0.15, -0.1) is 0 Å². The number of amides is 1. The van der Waals surface area contributed by atoms with Crippen molar-refractivity contribution in [1.82, 2.24) is 4.98 Å². The molecule has 1 aromatic heterocycles. The summed E-state index contributed by atoms with van der Waals surface area (Å²) in [5, 5.41) is 3.76. The quantitative estimate of drug-likeness (QED) is 0.352. The molecule has 162 valence electrons. The standard InChI is InChI=1S/C25H21ClN2O4/c1-2-31-20-15-9-8-14-19(20)28-24(29)23(16-10-4-3-5-11-16)32-25(30)22-21(26)17-12-6-7-13-18(17)27-22/h3-15,23,27H,2H2,1H3,(H,28,29). The van der Waals surface area contributed by atoms with Gasteiger partial charge in [0.1, 0.15) is 11.4 Å². The molecule has 0 bridgehead atoms. The second-order valence-corrected chi connectivity index (χ2v) is 7.35. The van der Waals surface area contributed by atoms with E-state index in [4.69, 9.17) is 21.1 Å². The van der Waals surface area contributed by atoms with E-state index in [1.807, 2.05) is 37.3 Å². The van der Waals surface area contributed by atoms with Crippen molar-refractivity contribution in [1.29, 1.82) is 0 Å². The summed E-state index contributed by atoms with van der Waals surface area (Å²) >= 11 is 6.40. The van der Waals surface area contributed by atoms with Gasteiger partial charge < -0.3 is 19.8 Å². The van der Waals surface area contributed by atoms with Crippen molar-refractivity contribution < 1.29 is 19.1 Å². The summed E-state index contributed by atoms with van der Waals surface area (Å²) in [7, 11) is 0. The van der Waals surface area contributed by atoms with E-state index in [1.54, 1.807) is 48.5 Å². The summed E-state index contributed by atoms with van der Waals surface area (Å²) < 4.78 is 11.2. The molecule has 1 amide bonds. The predicted molar refractivity (Wildman–Crippen MR) is 124 cm³/mol. The van der Waals surface area contributed by atoms with Crippen molar-refractivity contribution in [3.63, 3.8) is 0 Å². The van der Waals surface area contributed by atoms with Gasteiger partial charge in [0.2, 0.25) is 6.10 Å². The molecule has 1 unspecified atom stereocenters. The second kappa shape index (κ2) is 9.58. The molecule has 6 nitrogen and oxygen atoms in total. The van der Waals surface area contributed by atoms with Gasteiger partial charge in [-0.05, 0) is 25.1 Å². The first kappa shape index (κ1) is 21.5. The van der Waals surface area contributed by atoms with Gasteiger partial charge in [-0.1, -0.05) is 72.3 Å². The highest BCUT2D eigenvalue weighted by Gasteiger charge is 2.28. The van der Waals surface area contributed by atoms with Crippen LogP contribution < -0.4 is 10.1 Å². The Kier molecular flexibility index (Phi) is 6.42. The Morgan fingerprint density at radius 3 is 2.41 bits per heavy atom. The largest absolute Gasteiger partial charge is 0.492 e. The number of ether oxygens (including phenoxy) is 2. The van der Waals surface area contributed by atoms with Crippen LogP contribution in [0.25, 0.3) is 10.9 Å². The van der Waals surface area contributed by atoms with E-state index in [0.717, 1.165) is 0 Å². The number of halogens is 1. The van der Waals surface area contributed by atoms with Gasteiger partial charge in [-0.3, -0.25) is 4.79 Å². The highest BCUT2D eigenvalue weighted by atomic mass is 35.5. The number of hydrogen-bond acceptors (Lipinski definition) is 4. The molecule has 0 aliphatic heterocycles. The Labute approximate surface area is 190 Å². The van der Waals surface area contributed by atoms with Crippen LogP contribution in [0.5, 0.6) is 5.75 Å². The number of hydrogen-bond donors (Lipinski definition) is 2. The average Bonchev–Trinajstić information content (AvgIpc) is 3.16. The van der Waals surface area contributed by atoms with Gasteiger partial charge >= 0.3 is 5.97 Å². The minimum Gasteiger partial charge on any atom is -0.492 e. The van der Waals surface area contributed by atoms with Gasteiger partial charge in [0.25, 0.3) is 5.91 Å². The number of carbonyl (C=O) groups excluding carboxylic acids is 2. The van der Waals surface area contributed by atoms with Crippen LogP contribution in [0.4, 0.5) is 5.69 Å². The van der Waals surface area contributed by atoms with Crippen molar-refractivity contribution in [2.75, 3.05) is 11.9 Å². The minimum absolute atomic E-state index is 0.0938. The molecule has 0 radical (unpaired) electrons. The van der Waals surface area contributed by atoms with Crippen molar-refractivity contribution in [3.05, 3.63) is 95.1 Å². The third-order valence-electron chi connectivity index (χ3n) is 4.86. The molecular weight excluding hydrogens is 428 g/mol. The fourth-order valence-electron chi connectivity index (χ4n) is 3.36. The van der Waals surface area contributed by atoms with Crippen LogP contribution in [0.15, 0.2) is 78.9 Å². The molecule has 0 aliphatic rings. The van der Waals surface area contributed by atoms with E-state index in [2.05, 4.69) is 10.3 Å². The molecule has 1 heterocycles. The first-order valence-electron chi connectivity index (χ1n) is 10.1. The lowest BCUT2D eigenvalue weighted by Crippen LogP contribution is -2.26. The molecule has 32 heavy (non-hydrogen) atoms. The molecule has 0 saturated heterocycles. The van der Waals surface area contributed by atoms with Crippen LogP contribution in [-0.4, -0.2) is 23.5 Å². The number of rotatable bonds is 7. The summed E-state index contributed by atoms with van der Waals surface area (Å²) in [6, 6.07) is 23.2. The highest BCUT2D eigenvalue weighted by Crippen LogP contribution is 2.30. The molecule has 0 saturated carbocycles. The van der Waals surface area contributed by atoms with Gasteiger partial charge in [-0.2, -0.15) is 0 Å². The van der Waals surface area contributed by atoms with E-state index in [-0.39, 0.29) is 10.7 Å². The SMILES string of the molecule is CCOc1ccccc1NC(=O)C(OC(=O)c1[nH]c2ccccc2c1Cl)c1ccccc1. The first-order valence-corrected chi connectivity index (χ1v) is 10.5. The monoisotopic (exact) mass is 448 g/mol. The smallest absolute Gasteiger partial charge is 0.357 e. The summed E-state index contributed by atoms with van der Waals surface area (Å²) in [4.78, 5) is 29.2. The van der Waals surface area contributed by atoms with Crippen LogP contribution in [0.1, 0.15) is 29.1 Å². The Hall–Kier alpha value is -3.77. The molecule has 1 atom stereocenters. The van der Waals surface area contributed by atoms with Gasteiger partial charge in [0.05, 0.1) is 17.3 Å². The van der Waals surface area contributed by atoms with E-state index >= 15 is 0 Å². The van der Waals surface area contributed by atoms with Crippen LogP contribution in [0.2, 0.25) is 5.02 Å². The number of para-hydroxylation sites is 3. The Balaban J connectivity index is 1.63. The normalized spacial score (nSPS) is 11.7. The number of fused-ring (bicyclic) bond motifs is 1. The zero-order chi connectivity index (χ0) is 22.5. The molecule has 0 aliphatic carbocycles. The summed E-state index contributed by atoms with van der Waals surface area (Å²) in [6.45, 7) is 2.31. The Morgan fingerprint density at radius 1 is 0.969 bits per heavy atom. The van der Waals surface area contributed by atoms with E-state index in [1.165, 1.54) is 0 Å². The zero-order valence-corrected chi connectivity index (χ0v) is 18.1. The lowest BCUT2D eigenvalue weighted by Gasteiger charge is -2.19. The number of carbonyl (C=O) groups is 2. The number of esters is 1. The minimum atomic E-state index is -1.19. The van der Waals surface area contributed by atoms with E-state index in [0.29, 0.717) is 34.5 Å². The van der Waals surface area contributed by atoms with Crippen molar-refractivity contribution in [2.45, 2.75) is 13.0 Å². The third kappa shape index (κ3) is 4.45. The molecule has 4 rings (SSSR count). The highest BCUT2D eigenvalue weighted by molar-refractivity contribution is 6.38. The molecule has 0 fully saturated rings. The van der Waals surface area contributed by atoms with Gasteiger partial charge in [0.15, 0.2) is 0 Å². The third-order valence-corrected chi connectivity index (χ3v) is 5.25. The lowest BCUT2D eigenvalue weighted by atomic mass is 10.1. The van der Waals surface area contributed by atoms with Gasteiger partial charge in [0, 0.05) is 16.5 Å². The number of anilines is 1. The maximum atomic E-state index is 13.2. The topological polar surface area (TPSA) is 80.4 Å². The number of H-pyrrole nitrogens is 1. The van der Waals surface area contributed by atoms with E-state index < -0.39 is 18.0 Å². The number of aromatic nitrogens is 1. The Morgan fingerprint density at radius 2 is 1.66 bits per heavy atom. The maximum Gasteiger partial charge on any atom is 0.357 e. The summed E-state index contributed by atoms with van der Waals surface area (Å²) in [6.07, 6.45) is -1.19. The lowest BCUT2D eigenvalue weighted by molar-refractivity contribution is -0.125. The molecular formula is C25H21ClN2O4. The molecule has 3 aromatic carbocycles. The zero-order valence-electron chi connectivity index (χ0n) is 17.3. The predicted octanol–water partition coefficient (Wildman–Crippen LogP) is 5.76. The van der Waals surface area contributed by atoms with Crippen molar-refractivity contribution in [3.8, 4) is 5.75 Å². The number of aromatic amines is 1. The van der Waals surface area contributed by atoms with E-state index in [9.17, 15) is 9.59 Å². The van der Waals surface area contributed by atoms with Crippen LogP contribution in [0, 0.1) is 0 Å². The molecule has 7 heteroatoms. The van der Waals surface area contributed by atoms with Crippen molar-refractivity contribution in [2.24, 2.45) is 0 Å². The average molecular weight is 449 g/mol. The van der Waals surface area contributed by atoms with Crippen LogP contribution in [0.3, 0.4) is 0 Å². The second-order valence-electron chi connectivity index (χ2n) is 6.97. The fourth-order valence-corrected chi connectivity index (χ4v) is 3.65. The Bertz CT molecular complexity index is 1250. The fraction of sp³-hybridized carbons (Fsp3) is 0.120. The molecule has 0 spiro atoms. The summed E-state index contributed by atoms with van der Waals surface area (Å²) in [5.74, 6) is -0.711. The molecule has 2 N–H and O–H groups in total. The number of nitrogens with one attached hydrogen (secondary N) is 2. The van der Waals surface area contributed by atoms with Gasteiger partial charge in [-0.25, -0.2) is 4.79 Å². The van der Waals surface area contributed by atoms with Crippen molar-refractivity contribution >= 4 is 40.1 Å². The maximum absolute atomic E-state index is 13.2. The number of benzene rings is 3. The molecule has 4 aromatic rings. The van der Waals surface area contributed by atoms with Crippen LogP contribution >= 0.6 is 11.6 Å². The first-order chi connectivity index (χ1) is 15.6. The summed E-state index contributed by atoms with van der Waals surface area (Å²) in [5.41, 5.74) is 1.81. The van der Waals surface area contributed by atoms with Crippen LogP contribution in [-0.2, 0) is 9.53 Å².